The van der Waals surface area contributed by atoms with Gasteiger partial charge in [0.2, 0.25) is 0 Å². The van der Waals surface area contributed by atoms with E-state index in [9.17, 15) is 13.2 Å². The Kier molecular flexibility index (Phi) is 6.39. The van der Waals surface area contributed by atoms with Gasteiger partial charge in [0.1, 0.15) is 0 Å². The molecule has 0 atom stereocenters. The first kappa shape index (κ1) is 20.4. The first-order valence-corrected chi connectivity index (χ1v) is 11.3. The zero-order valence-electron chi connectivity index (χ0n) is 16.5. The van der Waals surface area contributed by atoms with Gasteiger partial charge in [0.25, 0.3) is 15.9 Å². The van der Waals surface area contributed by atoms with Crippen LogP contribution in [0.25, 0.3) is 0 Å². The molecule has 2 aromatic rings. The zero-order valence-corrected chi connectivity index (χ0v) is 17.3. The van der Waals surface area contributed by atoms with Crippen molar-refractivity contribution in [3.8, 4) is 0 Å². The van der Waals surface area contributed by atoms with E-state index in [0.717, 1.165) is 12.1 Å². The first-order valence-electron chi connectivity index (χ1n) is 9.80. The van der Waals surface area contributed by atoms with E-state index in [2.05, 4.69) is 4.72 Å². The van der Waals surface area contributed by atoms with E-state index in [4.69, 9.17) is 0 Å². The maximum absolute atomic E-state index is 12.7. The number of amides is 1. The molecule has 1 aliphatic rings. The zero-order chi connectivity index (χ0) is 20.1. The smallest absolute Gasteiger partial charge is 0.261 e. The molecule has 2 aromatic carbocycles. The predicted octanol–water partition coefficient (Wildman–Crippen LogP) is 4.45. The van der Waals surface area contributed by atoms with Crippen LogP contribution in [0.4, 0.5) is 5.69 Å². The molecule has 1 aliphatic carbocycles. The quantitative estimate of drug-likeness (QED) is 0.779. The predicted molar refractivity (Wildman–Crippen MR) is 112 cm³/mol. The summed E-state index contributed by atoms with van der Waals surface area (Å²) in [4.78, 5) is 14.6. The van der Waals surface area contributed by atoms with Crippen LogP contribution in [0.2, 0.25) is 0 Å². The number of carbonyl (C=O) groups is 1. The summed E-state index contributed by atoms with van der Waals surface area (Å²) in [5, 5.41) is 0. The molecule has 0 heterocycles. The van der Waals surface area contributed by atoms with E-state index in [1.54, 1.807) is 29.2 Å². The van der Waals surface area contributed by atoms with Crippen molar-refractivity contribution in [1.82, 2.24) is 4.90 Å². The molecule has 150 valence electrons. The fourth-order valence-corrected chi connectivity index (χ4v) is 4.73. The van der Waals surface area contributed by atoms with Gasteiger partial charge in [0, 0.05) is 24.8 Å². The van der Waals surface area contributed by atoms with E-state index in [1.807, 2.05) is 26.1 Å². The van der Waals surface area contributed by atoms with E-state index < -0.39 is 10.0 Å². The number of aryl methyl sites for hydroxylation is 1. The van der Waals surface area contributed by atoms with Crippen LogP contribution in [0, 0.1) is 12.8 Å². The van der Waals surface area contributed by atoms with Gasteiger partial charge in [0.05, 0.1) is 4.90 Å². The summed E-state index contributed by atoms with van der Waals surface area (Å²) in [6, 6.07) is 13.3. The second-order valence-corrected chi connectivity index (χ2v) is 9.37. The molecule has 3 rings (SSSR count). The van der Waals surface area contributed by atoms with Gasteiger partial charge < -0.3 is 4.90 Å². The lowest BCUT2D eigenvalue weighted by atomic mass is 9.89. The number of hydrogen-bond acceptors (Lipinski definition) is 3. The Labute approximate surface area is 167 Å². The SMILES string of the molecule is Cc1ccc(NS(=O)(=O)c2ccc(C(=O)N(C)CC3CCCCC3)cc2)cc1. The summed E-state index contributed by atoms with van der Waals surface area (Å²) < 4.78 is 27.7. The number of carbonyl (C=O) groups excluding carboxylic acids is 1. The van der Waals surface area contributed by atoms with Gasteiger partial charge in [-0.1, -0.05) is 37.0 Å². The highest BCUT2D eigenvalue weighted by atomic mass is 32.2. The van der Waals surface area contributed by atoms with E-state index in [-0.39, 0.29) is 10.8 Å². The lowest BCUT2D eigenvalue weighted by Gasteiger charge is -2.27. The Balaban J connectivity index is 1.66. The molecular formula is C22H28N2O3S. The van der Waals surface area contributed by atoms with Crippen molar-refractivity contribution in [3.05, 3.63) is 59.7 Å². The van der Waals surface area contributed by atoms with Gasteiger partial charge >= 0.3 is 0 Å². The van der Waals surface area contributed by atoms with Crippen molar-refractivity contribution in [1.29, 1.82) is 0 Å². The lowest BCUT2D eigenvalue weighted by molar-refractivity contribution is 0.0760. The molecule has 1 N–H and O–H groups in total. The van der Waals surface area contributed by atoms with Crippen molar-refractivity contribution >= 4 is 21.6 Å². The van der Waals surface area contributed by atoms with Crippen molar-refractivity contribution in [2.45, 2.75) is 43.9 Å². The fourth-order valence-electron chi connectivity index (χ4n) is 3.67. The Morgan fingerprint density at radius 1 is 1.00 bits per heavy atom. The maximum Gasteiger partial charge on any atom is 0.261 e. The van der Waals surface area contributed by atoms with Crippen LogP contribution in [0.3, 0.4) is 0 Å². The summed E-state index contributed by atoms with van der Waals surface area (Å²) in [5.41, 5.74) is 2.08. The van der Waals surface area contributed by atoms with Crippen molar-refractivity contribution in [3.63, 3.8) is 0 Å². The molecule has 0 unspecified atom stereocenters. The number of anilines is 1. The van der Waals surface area contributed by atoms with Crippen LogP contribution >= 0.6 is 0 Å². The molecule has 0 spiro atoms. The largest absolute Gasteiger partial charge is 0.341 e. The number of benzene rings is 2. The topological polar surface area (TPSA) is 66.5 Å². The van der Waals surface area contributed by atoms with E-state index >= 15 is 0 Å². The van der Waals surface area contributed by atoms with Crippen LogP contribution < -0.4 is 4.72 Å². The minimum atomic E-state index is -3.69. The van der Waals surface area contributed by atoms with Crippen molar-refractivity contribution < 1.29 is 13.2 Å². The molecule has 28 heavy (non-hydrogen) atoms. The molecular weight excluding hydrogens is 372 g/mol. The molecule has 1 saturated carbocycles. The molecule has 0 bridgehead atoms. The molecule has 6 heteroatoms. The number of sulfonamides is 1. The van der Waals surface area contributed by atoms with Gasteiger partial charge in [-0.15, -0.1) is 0 Å². The molecule has 5 nitrogen and oxygen atoms in total. The second kappa shape index (κ2) is 8.78. The van der Waals surface area contributed by atoms with Gasteiger partial charge in [-0.3, -0.25) is 9.52 Å². The van der Waals surface area contributed by atoms with Crippen molar-refractivity contribution in [2.24, 2.45) is 5.92 Å². The number of nitrogens with zero attached hydrogens (tertiary/aromatic N) is 1. The van der Waals surface area contributed by atoms with Crippen LogP contribution in [0.5, 0.6) is 0 Å². The Hall–Kier alpha value is -2.34. The number of nitrogens with one attached hydrogen (secondary N) is 1. The van der Waals surface area contributed by atoms with E-state index in [0.29, 0.717) is 17.2 Å². The fraction of sp³-hybridized carbons (Fsp3) is 0.409. The lowest BCUT2D eigenvalue weighted by Crippen LogP contribution is -2.32. The van der Waals surface area contributed by atoms with Crippen LogP contribution in [-0.2, 0) is 10.0 Å². The van der Waals surface area contributed by atoms with Crippen molar-refractivity contribution in [2.75, 3.05) is 18.3 Å². The standard InChI is InChI=1S/C22H28N2O3S/c1-17-8-12-20(13-9-17)23-28(26,27)21-14-10-19(11-15-21)22(25)24(2)16-18-6-4-3-5-7-18/h8-15,18,23H,3-7,16H2,1-2H3. The molecule has 0 radical (unpaired) electrons. The van der Waals surface area contributed by atoms with Gasteiger partial charge in [-0.2, -0.15) is 0 Å². The third-order valence-corrected chi connectivity index (χ3v) is 6.72. The molecule has 0 saturated heterocycles. The average Bonchev–Trinajstić information content (AvgIpc) is 2.70. The number of hydrogen-bond donors (Lipinski definition) is 1. The Bertz CT molecular complexity index is 900. The summed E-state index contributed by atoms with van der Waals surface area (Å²) in [7, 11) is -1.87. The molecule has 0 aromatic heterocycles. The highest BCUT2D eigenvalue weighted by molar-refractivity contribution is 7.92. The highest BCUT2D eigenvalue weighted by Gasteiger charge is 2.20. The van der Waals surface area contributed by atoms with Gasteiger partial charge in [-0.25, -0.2) is 8.42 Å². The van der Waals surface area contributed by atoms with Crippen LogP contribution in [0.15, 0.2) is 53.4 Å². The second-order valence-electron chi connectivity index (χ2n) is 7.69. The number of rotatable bonds is 6. The van der Waals surface area contributed by atoms with E-state index in [1.165, 1.54) is 44.2 Å². The normalized spacial score (nSPS) is 15.2. The summed E-state index contributed by atoms with van der Waals surface area (Å²) >= 11 is 0. The van der Waals surface area contributed by atoms with Gasteiger partial charge in [-0.05, 0) is 62.1 Å². The maximum atomic E-state index is 12.7. The molecule has 0 aliphatic heterocycles. The first-order chi connectivity index (χ1) is 13.3. The van der Waals surface area contributed by atoms with Crippen LogP contribution in [-0.4, -0.2) is 32.8 Å². The monoisotopic (exact) mass is 400 g/mol. The highest BCUT2D eigenvalue weighted by Crippen LogP contribution is 2.25. The Morgan fingerprint density at radius 3 is 2.21 bits per heavy atom. The van der Waals surface area contributed by atoms with Gasteiger partial charge in [0.15, 0.2) is 0 Å². The molecule has 1 amide bonds. The third kappa shape index (κ3) is 5.13. The minimum absolute atomic E-state index is 0.0685. The van der Waals surface area contributed by atoms with Crippen LogP contribution in [0.1, 0.15) is 48.0 Å². The Morgan fingerprint density at radius 2 is 1.61 bits per heavy atom. The molecule has 1 fully saturated rings. The minimum Gasteiger partial charge on any atom is -0.341 e. The summed E-state index contributed by atoms with van der Waals surface area (Å²) in [5.74, 6) is 0.502. The summed E-state index contributed by atoms with van der Waals surface area (Å²) in [6.45, 7) is 2.70. The summed E-state index contributed by atoms with van der Waals surface area (Å²) in [6.07, 6.45) is 6.14. The average molecular weight is 401 g/mol. The third-order valence-electron chi connectivity index (χ3n) is 5.32.